The molecule has 204 valence electrons. The molecule has 1 aliphatic carbocycles. The molecule has 0 bridgehead atoms. The SMILES string of the molecule is CNCC1O[C@H](O[C@@H]2C(N)CC(NC(=O)CC(F)CN)CC2OC2CCC(CO)O2)CC(O)[C@@H]1N. The number of ether oxygens (including phenoxy) is 4. The second-order valence-electron chi connectivity index (χ2n) is 9.70. The van der Waals surface area contributed by atoms with Gasteiger partial charge in [-0.25, -0.2) is 4.39 Å². The summed E-state index contributed by atoms with van der Waals surface area (Å²) in [6.07, 6.45) is -3.59. The van der Waals surface area contributed by atoms with Crippen molar-refractivity contribution in [3.05, 3.63) is 0 Å². The van der Waals surface area contributed by atoms with Gasteiger partial charge in [0.05, 0.1) is 43.5 Å². The number of nitrogens with one attached hydrogen (secondary N) is 2. The second-order valence-corrected chi connectivity index (χ2v) is 9.70. The Morgan fingerprint density at radius 2 is 1.94 bits per heavy atom. The Bertz CT molecular complexity index is 668. The lowest BCUT2D eigenvalue weighted by atomic mass is 9.86. The molecule has 11 atom stereocenters. The zero-order chi connectivity index (χ0) is 25.5. The zero-order valence-corrected chi connectivity index (χ0v) is 20.3. The van der Waals surface area contributed by atoms with Crippen LogP contribution < -0.4 is 27.8 Å². The van der Waals surface area contributed by atoms with Crippen LogP contribution in [0.4, 0.5) is 4.39 Å². The van der Waals surface area contributed by atoms with Gasteiger partial charge in [-0.2, -0.15) is 0 Å². The van der Waals surface area contributed by atoms with Crippen molar-refractivity contribution in [3.8, 4) is 0 Å². The molecule has 0 spiro atoms. The van der Waals surface area contributed by atoms with Gasteiger partial charge in [0, 0.05) is 38.0 Å². The number of likely N-dealkylation sites (N-methyl/N-ethyl adjacent to an activating group) is 1. The van der Waals surface area contributed by atoms with E-state index < -0.39 is 61.2 Å². The molecule has 3 fully saturated rings. The van der Waals surface area contributed by atoms with Gasteiger partial charge in [0.2, 0.25) is 5.91 Å². The normalized spacial score (nSPS) is 41.0. The van der Waals surface area contributed by atoms with Crippen molar-refractivity contribution in [2.75, 3.05) is 26.7 Å². The highest BCUT2D eigenvalue weighted by Gasteiger charge is 2.44. The molecule has 0 aromatic carbocycles. The predicted molar refractivity (Wildman–Crippen MR) is 124 cm³/mol. The largest absolute Gasteiger partial charge is 0.394 e. The summed E-state index contributed by atoms with van der Waals surface area (Å²) in [4.78, 5) is 12.2. The number of hydrogen-bond acceptors (Lipinski definition) is 11. The number of aliphatic hydroxyl groups is 2. The van der Waals surface area contributed by atoms with Crippen LogP contribution in [0.15, 0.2) is 0 Å². The van der Waals surface area contributed by atoms with Crippen molar-refractivity contribution in [2.45, 2.75) is 106 Å². The zero-order valence-electron chi connectivity index (χ0n) is 20.3. The summed E-state index contributed by atoms with van der Waals surface area (Å²) in [5.74, 6) is -0.446. The number of amides is 1. The van der Waals surface area contributed by atoms with Crippen LogP contribution in [0.1, 0.15) is 38.5 Å². The lowest BCUT2D eigenvalue weighted by molar-refractivity contribution is -0.274. The standard InChI is InChI=1S/C22H42FN5O7/c1-27-9-17-21(26)15(30)7-20(34-17)35-22-14(25)5-12(28-18(31)4-11(23)8-24)6-16(22)33-19-3-2-13(10-29)32-19/h11-17,19-22,27,29-30H,2-10,24-26H2,1H3,(H,28,31)/t11?,12?,13?,14?,15?,16?,17?,19?,20-,21+,22-/m1/s1. The van der Waals surface area contributed by atoms with Gasteiger partial charge in [0.15, 0.2) is 12.6 Å². The lowest BCUT2D eigenvalue weighted by Crippen LogP contribution is -2.61. The molecule has 8 unspecified atom stereocenters. The fraction of sp³-hybridized carbons (Fsp3) is 0.955. The molecule has 0 aromatic rings. The molecule has 3 rings (SSSR count). The molecule has 2 heterocycles. The Kier molecular flexibility index (Phi) is 11.0. The van der Waals surface area contributed by atoms with E-state index in [9.17, 15) is 19.4 Å². The van der Waals surface area contributed by atoms with Crippen molar-refractivity contribution >= 4 is 5.91 Å². The third kappa shape index (κ3) is 7.99. The van der Waals surface area contributed by atoms with E-state index >= 15 is 0 Å². The average Bonchev–Trinajstić information content (AvgIpc) is 3.27. The number of rotatable bonds is 11. The molecule has 35 heavy (non-hydrogen) atoms. The first-order valence-electron chi connectivity index (χ1n) is 12.4. The van der Waals surface area contributed by atoms with Gasteiger partial charge in [0.25, 0.3) is 0 Å². The summed E-state index contributed by atoms with van der Waals surface area (Å²) >= 11 is 0. The van der Waals surface area contributed by atoms with Gasteiger partial charge in [0.1, 0.15) is 12.3 Å². The van der Waals surface area contributed by atoms with E-state index in [0.29, 0.717) is 32.2 Å². The lowest BCUT2D eigenvalue weighted by Gasteiger charge is -2.44. The molecule has 2 aliphatic heterocycles. The fourth-order valence-electron chi connectivity index (χ4n) is 4.95. The minimum Gasteiger partial charge on any atom is -0.394 e. The molecule has 13 heteroatoms. The van der Waals surface area contributed by atoms with Crippen molar-refractivity contribution < 1.29 is 38.3 Å². The maximum atomic E-state index is 13.6. The van der Waals surface area contributed by atoms with Crippen LogP contribution in [0.5, 0.6) is 0 Å². The molecule has 0 aromatic heterocycles. The van der Waals surface area contributed by atoms with E-state index in [1.807, 2.05) is 0 Å². The number of carbonyl (C=O) groups excluding carboxylic acids is 1. The minimum absolute atomic E-state index is 0.102. The molecule has 1 saturated carbocycles. The second kappa shape index (κ2) is 13.5. The smallest absolute Gasteiger partial charge is 0.223 e. The highest BCUT2D eigenvalue weighted by atomic mass is 19.1. The summed E-state index contributed by atoms with van der Waals surface area (Å²) in [7, 11) is 1.77. The van der Waals surface area contributed by atoms with Crippen LogP contribution in [-0.4, -0.2) is 110 Å². The summed E-state index contributed by atoms with van der Waals surface area (Å²) in [5, 5.41) is 25.6. The van der Waals surface area contributed by atoms with Crippen LogP contribution in [0, 0.1) is 0 Å². The molecule has 10 N–H and O–H groups in total. The molecule has 12 nitrogen and oxygen atoms in total. The van der Waals surface area contributed by atoms with Crippen molar-refractivity contribution in [1.29, 1.82) is 0 Å². The monoisotopic (exact) mass is 507 g/mol. The minimum atomic E-state index is -1.41. The van der Waals surface area contributed by atoms with Crippen LogP contribution in [0.3, 0.4) is 0 Å². The molecule has 0 radical (unpaired) electrons. The third-order valence-corrected chi connectivity index (χ3v) is 6.84. The Balaban J connectivity index is 1.67. The number of hydrogen-bond donors (Lipinski definition) is 7. The summed E-state index contributed by atoms with van der Waals surface area (Å²) in [5.41, 5.74) is 17.8. The van der Waals surface area contributed by atoms with Gasteiger partial charge in [-0.1, -0.05) is 0 Å². The molecule has 3 aliphatic rings. The summed E-state index contributed by atoms with van der Waals surface area (Å²) in [6.45, 7) is 0.116. The van der Waals surface area contributed by atoms with Crippen molar-refractivity contribution in [3.63, 3.8) is 0 Å². The highest BCUT2D eigenvalue weighted by Crippen LogP contribution is 2.31. The van der Waals surface area contributed by atoms with E-state index in [4.69, 9.17) is 36.1 Å². The van der Waals surface area contributed by atoms with Crippen molar-refractivity contribution in [2.24, 2.45) is 17.2 Å². The van der Waals surface area contributed by atoms with Crippen LogP contribution in [0.2, 0.25) is 0 Å². The summed E-state index contributed by atoms with van der Waals surface area (Å²) in [6, 6.07) is -1.45. The Morgan fingerprint density at radius 3 is 2.60 bits per heavy atom. The van der Waals surface area contributed by atoms with E-state index in [0.717, 1.165) is 0 Å². The van der Waals surface area contributed by atoms with Gasteiger partial charge in [-0.3, -0.25) is 4.79 Å². The van der Waals surface area contributed by atoms with Gasteiger partial charge >= 0.3 is 0 Å². The van der Waals surface area contributed by atoms with E-state index in [1.165, 1.54) is 0 Å². The molecular formula is C22H42FN5O7. The molecule has 2 saturated heterocycles. The van der Waals surface area contributed by atoms with Gasteiger partial charge < -0.3 is 57.0 Å². The fourth-order valence-corrected chi connectivity index (χ4v) is 4.95. The quantitative estimate of drug-likeness (QED) is 0.157. The number of halogens is 1. The molecular weight excluding hydrogens is 465 g/mol. The van der Waals surface area contributed by atoms with Gasteiger partial charge in [-0.05, 0) is 26.3 Å². The van der Waals surface area contributed by atoms with E-state index in [-0.39, 0.29) is 38.1 Å². The third-order valence-electron chi connectivity index (χ3n) is 6.84. The summed E-state index contributed by atoms with van der Waals surface area (Å²) < 4.78 is 37.7. The van der Waals surface area contributed by atoms with Crippen LogP contribution in [0.25, 0.3) is 0 Å². The first-order chi connectivity index (χ1) is 16.7. The number of nitrogens with two attached hydrogens (primary N) is 3. The first kappa shape index (κ1) is 28.6. The number of aliphatic hydroxyl groups excluding tert-OH is 2. The molecule has 1 amide bonds. The number of alkyl halides is 1. The van der Waals surface area contributed by atoms with Crippen LogP contribution in [-0.2, 0) is 23.7 Å². The van der Waals surface area contributed by atoms with Crippen molar-refractivity contribution in [1.82, 2.24) is 10.6 Å². The van der Waals surface area contributed by atoms with E-state index in [1.54, 1.807) is 7.05 Å². The van der Waals surface area contributed by atoms with Gasteiger partial charge in [-0.15, -0.1) is 0 Å². The van der Waals surface area contributed by atoms with E-state index in [2.05, 4.69) is 10.6 Å². The number of carbonyl (C=O) groups is 1. The topological polar surface area (TPSA) is 197 Å². The Morgan fingerprint density at radius 1 is 1.17 bits per heavy atom. The predicted octanol–water partition coefficient (Wildman–Crippen LogP) is -2.43. The first-order valence-corrected chi connectivity index (χ1v) is 12.4. The average molecular weight is 508 g/mol. The Hall–Kier alpha value is -1.00. The maximum absolute atomic E-state index is 13.6. The highest BCUT2D eigenvalue weighted by molar-refractivity contribution is 5.76. The van der Waals surface area contributed by atoms with Crippen LogP contribution >= 0.6 is 0 Å². The maximum Gasteiger partial charge on any atom is 0.223 e. The Labute approximate surface area is 205 Å².